The van der Waals surface area contributed by atoms with Gasteiger partial charge in [-0.15, -0.1) is 0 Å². The fraction of sp³-hybridized carbons (Fsp3) is 0.419. The number of hydrogen-bond donors (Lipinski definition) is 2. The molecule has 4 heteroatoms. The summed E-state index contributed by atoms with van der Waals surface area (Å²) in [7, 11) is 0. The minimum atomic E-state index is -0.00310. The van der Waals surface area contributed by atoms with Crippen LogP contribution in [0.1, 0.15) is 93.6 Å². The lowest BCUT2D eigenvalue weighted by atomic mass is 9.90. The number of nitrogens with zero attached hydrogens (tertiary/aromatic N) is 1. The summed E-state index contributed by atoms with van der Waals surface area (Å²) >= 11 is 0. The highest BCUT2D eigenvalue weighted by Crippen LogP contribution is 2.50. The highest BCUT2D eigenvalue weighted by atomic mass is 16.5. The van der Waals surface area contributed by atoms with Crippen LogP contribution < -0.4 is 20.3 Å². The lowest BCUT2D eigenvalue weighted by molar-refractivity contribution is 0.163. The van der Waals surface area contributed by atoms with Crippen LogP contribution in [0.5, 0.6) is 5.75 Å². The fourth-order valence-corrected chi connectivity index (χ4v) is 6.14. The third-order valence-electron chi connectivity index (χ3n) is 7.89. The van der Waals surface area contributed by atoms with Crippen molar-refractivity contribution >= 4 is 5.69 Å². The molecule has 1 aliphatic carbocycles. The number of allylic oxidation sites excluding steroid dienone is 3. The summed E-state index contributed by atoms with van der Waals surface area (Å²) in [4.78, 5) is 2.57. The summed E-state index contributed by atoms with van der Waals surface area (Å²) in [6.45, 7) is 11.4. The van der Waals surface area contributed by atoms with E-state index in [0.717, 1.165) is 18.6 Å². The molecule has 4 unspecified atom stereocenters. The Morgan fingerprint density at radius 3 is 2.40 bits per heavy atom. The minimum Gasteiger partial charge on any atom is -0.474 e. The second-order valence-electron chi connectivity index (χ2n) is 11.0. The largest absolute Gasteiger partial charge is 0.474 e. The number of hydrogen-bond acceptors (Lipinski definition) is 4. The van der Waals surface area contributed by atoms with Crippen LogP contribution in [-0.2, 0) is 0 Å². The molecule has 0 aromatic heterocycles. The molecular formula is C31H37N3O. The van der Waals surface area contributed by atoms with Crippen LogP contribution in [0.3, 0.4) is 0 Å². The molecule has 6 rings (SSSR count). The standard InChI is InChI=1S/C31H37N3O/c1-18(2)21-10-8-11-22(19(3)4)28(21)34-27-15-7-6-14-26(27)33-30(34)25-13-9-12-23-24-17-16-20(5)32-31(24)35-29(23)25/h7-13,15-20,24,30-33H,6,14H2,1-5H3. The van der Waals surface area contributed by atoms with Gasteiger partial charge in [0.25, 0.3) is 0 Å². The summed E-state index contributed by atoms with van der Waals surface area (Å²) in [5.74, 6) is 2.15. The van der Waals surface area contributed by atoms with Gasteiger partial charge < -0.3 is 15.0 Å². The van der Waals surface area contributed by atoms with Crippen molar-refractivity contribution in [1.29, 1.82) is 0 Å². The van der Waals surface area contributed by atoms with Crippen LogP contribution >= 0.6 is 0 Å². The Morgan fingerprint density at radius 2 is 1.66 bits per heavy atom. The average Bonchev–Trinajstić information content (AvgIpc) is 3.41. The monoisotopic (exact) mass is 467 g/mol. The number of para-hydroxylation sites is 2. The average molecular weight is 468 g/mol. The van der Waals surface area contributed by atoms with Crippen molar-refractivity contribution in [3.05, 3.63) is 94.4 Å². The molecule has 0 amide bonds. The number of benzene rings is 2. The molecule has 0 fully saturated rings. The van der Waals surface area contributed by atoms with Crippen molar-refractivity contribution in [1.82, 2.24) is 10.6 Å². The van der Waals surface area contributed by atoms with Crippen molar-refractivity contribution < 1.29 is 4.74 Å². The Morgan fingerprint density at radius 1 is 0.943 bits per heavy atom. The van der Waals surface area contributed by atoms with Gasteiger partial charge >= 0.3 is 0 Å². The van der Waals surface area contributed by atoms with Crippen molar-refractivity contribution in [3.63, 3.8) is 0 Å². The number of anilines is 1. The normalized spacial score (nSPS) is 26.7. The summed E-state index contributed by atoms with van der Waals surface area (Å²) in [6.07, 6.45) is 11.3. The Bertz CT molecular complexity index is 1210. The van der Waals surface area contributed by atoms with Crippen LogP contribution in [-0.4, -0.2) is 12.3 Å². The predicted octanol–water partition coefficient (Wildman–Crippen LogP) is 6.95. The van der Waals surface area contributed by atoms with E-state index >= 15 is 0 Å². The van der Waals surface area contributed by atoms with Gasteiger partial charge in [0.05, 0.1) is 17.3 Å². The number of nitrogens with one attached hydrogen (secondary N) is 2. The van der Waals surface area contributed by atoms with Gasteiger partial charge in [-0.3, -0.25) is 5.32 Å². The first-order valence-corrected chi connectivity index (χ1v) is 13.3. The Kier molecular flexibility index (Phi) is 5.52. The number of rotatable bonds is 4. The summed E-state index contributed by atoms with van der Waals surface area (Å²) < 4.78 is 6.65. The minimum absolute atomic E-state index is 0.00217. The predicted molar refractivity (Wildman–Crippen MR) is 144 cm³/mol. The molecule has 4 aliphatic rings. The molecule has 0 saturated heterocycles. The fourth-order valence-electron chi connectivity index (χ4n) is 6.14. The van der Waals surface area contributed by atoms with Gasteiger partial charge in [-0.1, -0.05) is 82.3 Å². The molecule has 4 nitrogen and oxygen atoms in total. The van der Waals surface area contributed by atoms with Gasteiger partial charge in [0.2, 0.25) is 0 Å². The second-order valence-corrected chi connectivity index (χ2v) is 11.0. The molecule has 2 N–H and O–H groups in total. The van der Waals surface area contributed by atoms with E-state index in [-0.39, 0.29) is 18.3 Å². The molecule has 0 saturated carbocycles. The zero-order valence-corrected chi connectivity index (χ0v) is 21.5. The Labute approximate surface area is 209 Å². The van der Waals surface area contributed by atoms with Gasteiger partial charge in [-0.2, -0.15) is 0 Å². The van der Waals surface area contributed by atoms with E-state index in [1.54, 1.807) is 0 Å². The summed E-state index contributed by atoms with van der Waals surface area (Å²) in [5, 5.41) is 7.57. The van der Waals surface area contributed by atoms with E-state index in [1.807, 2.05) is 0 Å². The van der Waals surface area contributed by atoms with Crippen molar-refractivity contribution in [3.8, 4) is 5.75 Å². The molecule has 3 aliphatic heterocycles. The highest BCUT2D eigenvalue weighted by Gasteiger charge is 2.42. The SMILES string of the molecule is CC1C=CC2c3cccc(C4NC5=C(C=CCC5)N4c4c(C(C)C)cccc4C(C)C)c3OC2N1. The van der Waals surface area contributed by atoms with Crippen molar-refractivity contribution in [2.45, 2.75) is 83.6 Å². The topological polar surface area (TPSA) is 36.5 Å². The number of ether oxygens (including phenoxy) is 1. The number of fused-ring (bicyclic) bond motifs is 3. The molecule has 4 atom stereocenters. The maximum absolute atomic E-state index is 6.65. The van der Waals surface area contributed by atoms with Gasteiger partial charge in [-0.25, -0.2) is 0 Å². The van der Waals surface area contributed by atoms with E-state index < -0.39 is 0 Å². The van der Waals surface area contributed by atoms with Crippen molar-refractivity contribution in [2.75, 3.05) is 4.90 Å². The first-order valence-electron chi connectivity index (χ1n) is 13.3. The lowest BCUT2D eigenvalue weighted by Crippen LogP contribution is -2.43. The Hall–Kier alpha value is -2.98. The summed E-state index contributed by atoms with van der Waals surface area (Å²) in [6, 6.07) is 13.9. The molecular weight excluding hydrogens is 430 g/mol. The first kappa shape index (κ1) is 22.5. The smallest absolute Gasteiger partial charge is 0.161 e. The van der Waals surface area contributed by atoms with Crippen molar-refractivity contribution in [2.24, 2.45) is 0 Å². The zero-order chi connectivity index (χ0) is 24.3. The van der Waals surface area contributed by atoms with E-state index in [4.69, 9.17) is 4.74 Å². The summed E-state index contributed by atoms with van der Waals surface area (Å²) in [5.41, 5.74) is 9.29. The third kappa shape index (κ3) is 3.61. The van der Waals surface area contributed by atoms with Crippen LogP contribution in [0.25, 0.3) is 0 Å². The second kappa shape index (κ2) is 8.60. The van der Waals surface area contributed by atoms with E-state index in [0.29, 0.717) is 17.9 Å². The van der Waals surface area contributed by atoms with Gasteiger partial charge in [-0.05, 0) is 48.8 Å². The van der Waals surface area contributed by atoms with Gasteiger partial charge in [0, 0.05) is 22.9 Å². The third-order valence-corrected chi connectivity index (χ3v) is 7.89. The maximum atomic E-state index is 6.65. The first-order chi connectivity index (χ1) is 16.9. The van der Waals surface area contributed by atoms with Crippen LogP contribution in [0.2, 0.25) is 0 Å². The van der Waals surface area contributed by atoms with E-state index in [1.165, 1.54) is 39.3 Å². The van der Waals surface area contributed by atoms with Crippen LogP contribution in [0.4, 0.5) is 5.69 Å². The molecule has 3 heterocycles. The molecule has 2 aromatic rings. The molecule has 0 bridgehead atoms. The molecule has 35 heavy (non-hydrogen) atoms. The molecule has 2 aromatic carbocycles. The molecule has 0 spiro atoms. The van der Waals surface area contributed by atoms with Crippen LogP contribution in [0, 0.1) is 0 Å². The van der Waals surface area contributed by atoms with Gasteiger partial charge in [0.1, 0.15) is 11.9 Å². The van der Waals surface area contributed by atoms with E-state index in [9.17, 15) is 0 Å². The zero-order valence-electron chi connectivity index (χ0n) is 21.5. The highest BCUT2D eigenvalue weighted by molar-refractivity contribution is 5.71. The van der Waals surface area contributed by atoms with E-state index in [2.05, 4.69) is 111 Å². The molecule has 0 radical (unpaired) electrons. The quantitative estimate of drug-likeness (QED) is 0.477. The lowest BCUT2D eigenvalue weighted by Gasteiger charge is -2.34. The van der Waals surface area contributed by atoms with Gasteiger partial charge in [0.15, 0.2) is 6.23 Å². The Balaban J connectivity index is 1.52. The van der Waals surface area contributed by atoms with Crippen LogP contribution in [0.15, 0.2) is 72.1 Å². The molecule has 182 valence electrons. The maximum Gasteiger partial charge on any atom is 0.161 e.